The van der Waals surface area contributed by atoms with Crippen LogP contribution in [0.4, 0.5) is 0 Å². The van der Waals surface area contributed by atoms with Gasteiger partial charge in [-0.25, -0.2) is 0 Å². The number of nitrogens with one attached hydrogen (secondary N) is 2. The molecule has 0 atom stereocenters. The zero-order valence-electron chi connectivity index (χ0n) is 11.1. The summed E-state index contributed by atoms with van der Waals surface area (Å²) in [6.45, 7) is 4.70. The third-order valence-electron chi connectivity index (χ3n) is 2.73. The highest BCUT2D eigenvalue weighted by atomic mass is 16.5. The summed E-state index contributed by atoms with van der Waals surface area (Å²) in [5.41, 5.74) is 2.20. The Hall–Kier alpha value is -1.26. The molecule has 4 nitrogen and oxygen atoms in total. The third-order valence-corrected chi connectivity index (χ3v) is 2.73. The van der Waals surface area contributed by atoms with E-state index in [-0.39, 0.29) is 0 Å². The van der Waals surface area contributed by atoms with Gasteiger partial charge < -0.3 is 20.1 Å². The van der Waals surface area contributed by atoms with Crippen LogP contribution in [-0.4, -0.2) is 34.4 Å². The molecule has 0 saturated heterocycles. The van der Waals surface area contributed by atoms with E-state index in [1.54, 1.807) is 14.2 Å². The van der Waals surface area contributed by atoms with Crippen molar-refractivity contribution in [2.45, 2.75) is 13.5 Å². The molecule has 0 aromatic heterocycles. The van der Waals surface area contributed by atoms with Crippen LogP contribution in [0.2, 0.25) is 0 Å². The molecule has 0 aliphatic heterocycles. The van der Waals surface area contributed by atoms with Crippen molar-refractivity contribution in [3.05, 3.63) is 23.3 Å². The Morgan fingerprint density at radius 2 is 1.88 bits per heavy atom. The molecule has 0 saturated carbocycles. The maximum absolute atomic E-state index is 5.44. The van der Waals surface area contributed by atoms with E-state index in [4.69, 9.17) is 9.47 Å². The van der Waals surface area contributed by atoms with Gasteiger partial charge in [0.2, 0.25) is 0 Å². The molecule has 1 aromatic carbocycles. The first-order valence-electron chi connectivity index (χ1n) is 5.80. The van der Waals surface area contributed by atoms with E-state index in [0.717, 1.165) is 42.3 Å². The number of benzene rings is 1. The summed E-state index contributed by atoms with van der Waals surface area (Å²) < 4.78 is 10.7. The van der Waals surface area contributed by atoms with Gasteiger partial charge in [-0.1, -0.05) is 6.07 Å². The second-order valence-corrected chi connectivity index (χ2v) is 3.87. The summed E-state index contributed by atoms with van der Waals surface area (Å²) in [4.78, 5) is 0. The number of likely N-dealkylation sites (N-methyl/N-ethyl adjacent to an activating group) is 1. The lowest BCUT2D eigenvalue weighted by Crippen LogP contribution is -2.24. The Labute approximate surface area is 103 Å². The fourth-order valence-electron chi connectivity index (χ4n) is 1.81. The van der Waals surface area contributed by atoms with E-state index in [1.165, 1.54) is 0 Å². The van der Waals surface area contributed by atoms with Crippen LogP contribution in [0.15, 0.2) is 12.1 Å². The average molecular weight is 238 g/mol. The van der Waals surface area contributed by atoms with Gasteiger partial charge in [-0.15, -0.1) is 0 Å². The van der Waals surface area contributed by atoms with E-state index in [9.17, 15) is 0 Å². The molecular formula is C13H22N2O2. The minimum absolute atomic E-state index is 0.801. The van der Waals surface area contributed by atoms with E-state index >= 15 is 0 Å². The molecule has 1 aromatic rings. The van der Waals surface area contributed by atoms with Gasteiger partial charge in [0.15, 0.2) is 0 Å². The van der Waals surface area contributed by atoms with Crippen molar-refractivity contribution in [2.24, 2.45) is 0 Å². The van der Waals surface area contributed by atoms with Crippen LogP contribution in [0.25, 0.3) is 0 Å². The Morgan fingerprint density at radius 1 is 1.12 bits per heavy atom. The Morgan fingerprint density at radius 3 is 2.47 bits per heavy atom. The van der Waals surface area contributed by atoms with Gasteiger partial charge in [0.05, 0.1) is 14.2 Å². The molecule has 0 radical (unpaired) electrons. The Bertz CT molecular complexity index is 354. The minimum Gasteiger partial charge on any atom is -0.496 e. The van der Waals surface area contributed by atoms with Crippen LogP contribution in [0.1, 0.15) is 11.1 Å². The second kappa shape index (κ2) is 7.14. The van der Waals surface area contributed by atoms with E-state index in [2.05, 4.69) is 10.6 Å². The van der Waals surface area contributed by atoms with Gasteiger partial charge in [-0.3, -0.25) is 0 Å². The fourth-order valence-corrected chi connectivity index (χ4v) is 1.81. The summed E-state index contributed by atoms with van der Waals surface area (Å²) in [6.07, 6.45) is 0. The quantitative estimate of drug-likeness (QED) is 0.703. The predicted molar refractivity (Wildman–Crippen MR) is 69.9 cm³/mol. The molecule has 0 aliphatic carbocycles. The van der Waals surface area contributed by atoms with Crippen LogP contribution >= 0.6 is 0 Å². The molecule has 4 heteroatoms. The van der Waals surface area contributed by atoms with E-state index in [1.807, 2.05) is 26.1 Å². The Balaban J connectivity index is 2.74. The lowest BCUT2D eigenvalue weighted by molar-refractivity contribution is 0.384. The maximum Gasteiger partial charge on any atom is 0.129 e. The summed E-state index contributed by atoms with van der Waals surface area (Å²) in [6, 6.07) is 4.02. The summed E-state index contributed by atoms with van der Waals surface area (Å²) in [5, 5.41) is 6.46. The predicted octanol–water partition coefficient (Wildman–Crippen LogP) is 1.32. The highest BCUT2D eigenvalue weighted by Gasteiger charge is 2.10. The van der Waals surface area contributed by atoms with E-state index in [0.29, 0.717) is 0 Å². The lowest BCUT2D eigenvalue weighted by Gasteiger charge is -2.14. The number of hydrogen-bond donors (Lipinski definition) is 2. The lowest BCUT2D eigenvalue weighted by atomic mass is 10.1. The zero-order valence-corrected chi connectivity index (χ0v) is 11.1. The van der Waals surface area contributed by atoms with E-state index < -0.39 is 0 Å². The molecule has 0 spiro atoms. The van der Waals surface area contributed by atoms with Gasteiger partial charge in [0.1, 0.15) is 11.5 Å². The van der Waals surface area contributed by atoms with Crippen molar-refractivity contribution in [2.75, 3.05) is 34.4 Å². The molecule has 17 heavy (non-hydrogen) atoms. The smallest absolute Gasteiger partial charge is 0.129 e. The number of rotatable bonds is 7. The molecule has 0 heterocycles. The van der Waals surface area contributed by atoms with Crippen molar-refractivity contribution in [1.82, 2.24) is 10.6 Å². The highest BCUT2D eigenvalue weighted by Crippen LogP contribution is 2.30. The number of ether oxygens (including phenoxy) is 2. The van der Waals surface area contributed by atoms with Crippen molar-refractivity contribution in [3.63, 3.8) is 0 Å². The van der Waals surface area contributed by atoms with Crippen LogP contribution in [0, 0.1) is 6.92 Å². The standard InChI is InChI=1S/C13H22N2O2/c1-10-12(16-3)6-5-11(13(10)17-4)9-15-8-7-14-2/h5-6,14-15H,7-9H2,1-4H3. The molecular weight excluding hydrogens is 216 g/mol. The molecule has 1 rings (SSSR count). The summed E-state index contributed by atoms with van der Waals surface area (Å²) in [7, 11) is 5.31. The zero-order chi connectivity index (χ0) is 12.7. The molecule has 96 valence electrons. The number of hydrogen-bond acceptors (Lipinski definition) is 4. The second-order valence-electron chi connectivity index (χ2n) is 3.87. The maximum atomic E-state index is 5.44. The molecule has 2 N–H and O–H groups in total. The van der Waals surface area contributed by atoms with Crippen LogP contribution < -0.4 is 20.1 Å². The van der Waals surface area contributed by atoms with Crippen molar-refractivity contribution in [3.8, 4) is 11.5 Å². The fraction of sp³-hybridized carbons (Fsp3) is 0.538. The minimum atomic E-state index is 0.801. The van der Waals surface area contributed by atoms with Crippen molar-refractivity contribution in [1.29, 1.82) is 0 Å². The van der Waals surface area contributed by atoms with Crippen LogP contribution in [0.5, 0.6) is 11.5 Å². The third kappa shape index (κ3) is 3.61. The highest BCUT2D eigenvalue weighted by molar-refractivity contribution is 5.49. The van der Waals surface area contributed by atoms with Gasteiger partial charge in [-0.2, -0.15) is 0 Å². The molecule has 0 aliphatic rings. The van der Waals surface area contributed by atoms with Gasteiger partial charge in [0.25, 0.3) is 0 Å². The van der Waals surface area contributed by atoms with Crippen molar-refractivity contribution < 1.29 is 9.47 Å². The van der Waals surface area contributed by atoms with Crippen LogP contribution in [0.3, 0.4) is 0 Å². The van der Waals surface area contributed by atoms with Crippen molar-refractivity contribution >= 4 is 0 Å². The molecule has 0 bridgehead atoms. The largest absolute Gasteiger partial charge is 0.496 e. The average Bonchev–Trinajstić information content (AvgIpc) is 2.35. The molecule has 0 unspecified atom stereocenters. The number of methoxy groups -OCH3 is 2. The molecule has 0 fully saturated rings. The Kier molecular flexibility index (Phi) is 5.80. The van der Waals surface area contributed by atoms with Gasteiger partial charge >= 0.3 is 0 Å². The summed E-state index contributed by atoms with van der Waals surface area (Å²) >= 11 is 0. The van der Waals surface area contributed by atoms with Crippen LogP contribution in [-0.2, 0) is 6.54 Å². The SMILES string of the molecule is CNCCNCc1ccc(OC)c(C)c1OC. The first kappa shape index (κ1) is 13.8. The first-order valence-corrected chi connectivity index (χ1v) is 5.80. The van der Waals surface area contributed by atoms with Gasteiger partial charge in [-0.05, 0) is 20.0 Å². The normalized spacial score (nSPS) is 10.4. The topological polar surface area (TPSA) is 42.5 Å². The molecule has 0 amide bonds. The van der Waals surface area contributed by atoms with Gasteiger partial charge in [0, 0.05) is 30.8 Å². The summed E-state index contributed by atoms with van der Waals surface area (Å²) in [5.74, 6) is 1.77. The first-order chi connectivity index (χ1) is 8.24. The monoisotopic (exact) mass is 238 g/mol.